The van der Waals surface area contributed by atoms with Gasteiger partial charge in [0.2, 0.25) is 0 Å². The van der Waals surface area contributed by atoms with Crippen LogP contribution in [0.3, 0.4) is 0 Å². The molecule has 1 heterocycles. The van der Waals surface area contributed by atoms with Gasteiger partial charge in [-0.3, -0.25) is 0 Å². The zero-order valence-electron chi connectivity index (χ0n) is 38.5. The normalized spacial score (nSPS) is 12.8. The lowest BCUT2D eigenvalue weighted by molar-refractivity contribution is 0.660. The highest BCUT2D eigenvalue weighted by Gasteiger charge is 2.43. The van der Waals surface area contributed by atoms with E-state index in [0.29, 0.717) is 0 Å². The van der Waals surface area contributed by atoms with Gasteiger partial charge in [-0.15, -0.1) is 11.3 Å². The Bertz CT molecular complexity index is 3580. The fraction of sp³-hybridized carbons (Fsp3) is 0.0625. The third kappa shape index (κ3) is 6.82. The Kier molecular flexibility index (Phi) is 10.3. The van der Waals surface area contributed by atoms with Crippen molar-refractivity contribution in [2.45, 2.75) is 26.2 Å². The number of rotatable bonds is 10. The Hall–Kier alpha value is -7.76. The van der Waals surface area contributed by atoms with E-state index in [-0.39, 0.29) is 5.41 Å². The van der Waals surface area contributed by atoms with Gasteiger partial charge >= 0.3 is 0 Å². The van der Waals surface area contributed by atoms with E-state index in [4.69, 9.17) is 0 Å². The van der Waals surface area contributed by atoms with Crippen LogP contribution in [0.4, 0.5) is 34.1 Å². The molecule has 326 valence electrons. The molecule has 0 saturated heterocycles. The third-order valence-electron chi connectivity index (χ3n) is 14.3. The van der Waals surface area contributed by atoms with Crippen LogP contribution in [0.25, 0.3) is 31.3 Å². The first-order valence-electron chi connectivity index (χ1n) is 23.6. The van der Waals surface area contributed by atoms with Crippen molar-refractivity contribution < 1.29 is 0 Å². The summed E-state index contributed by atoms with van der Waals surface area (Å²) in [5.74, 6) is 0. The molecule has 0 atom stereocenters. The number of hydrogen-bond donors (Lipinski definition) is 0. The Morgan fingerprint density at radius 2 is 0.838 bits per heavy atom. The zero-order valence-corrected chi connectivity index (χ0v) is 40.3. The second-order valence-electron chi connectivity index (χ2n) is 18.6. The van der Waals surface area contributed by atoms with Gasteiger partial charge in [0.05, 0.1) is 0 Å². The fourth-order valence-electron chi connectivity index (χ4n) is 11.2. The summed E-state index contributed by atoms with van der Waals surface area (Å²) in [4.78, 5) is 4.87. The molecule has 0 fully saturated rings. The van der Waals surface area contributed by atoms with Crippen LogP contribution in [0.2, 0.25) is 0 Å². The van der Waals surface area contributed by atoms with Gasteiger partial charge in [0, 0.05) is 59.7 Å². The molecule has 4 heteroatoms. The van der Waals surface area contributed by atoms with Gasteiger partial charge < -0.3 is 9.80 Å². The van der Waals surface area contributed by atoms with Crippen molar-refractivity contribution >= 4 is 94.5 Å². The molecule has 0 radical (unpaired) electrons. The minimum Gasteiger partial charge on any atom is -0.310 e. The van der Waals surface area contributed by atoms with E-state index in [9.17, 15) is 0 Å². The maximum atomic E-state index is 2.49. The number of aryl methyl sites for hydroxylation is 1. The minimum atomic E-state index is -3.02. The quantitative estimate of drug-likeness (QED) is 0.0996. The van der Waals surface area contributed by atoms with Crippen LogP contribution in [0.1, 0.15) is 30.5 Å². The maximum absolute atomic E-state index is 3.02. The molecule has 0 saturated carbocycles. The molecule has 1 aliphatic rings. The number of hydrogen-bond acceptors (Lipinski definition) is 3. The van der Waals surface area contributed by atoms with Gasteiger partial charge in [-0.25, -0.2) is 0 Å². The molecular weight excluding hydrogens is 857 g/mol. The SMILES string of the molecule is Cc1cc(N(c2ccccc2)c2ccc3c(c2)-c2ccccc2C3(C)C)ccc1[Si](c1ccccc1)(c1ccccc1)c1cccc(N(c2ccccc2)c2ccc3c(c2)sc2ccccc23)c1. The van der Waals surface area contributed by atoms with E-state index in [1.807, 2.05) is 11.3 Å². The summed E-state index contributed by atoms with van der Waals surface area (Å²) < 4.78 is 2.59. The topological polar surface area (TPSA) is 6.48 Å². The lowest BCUT2D eigenvalue weighted by atomic mass is 9.82. The second kappa shape index (κ2) is 16.8. The van der Waals surface area contributed by atoms with E-state index in [0.717, 1.165) is 34.1 Å². The van der Waals surface area contributed by atoms with Crippen molar-refractivity contribution in [1.29, 1.82) is 0 Å². The average Bonchev–Trinajstić information content (AvgIpc) is 3.87. The molecule has 0 aliphatic heterocycles. The summed E-state index contributed by atoms with van der Waals surface area (Å²) in [5.41, 5.74) is 13.4. The number of benzene rings is 10. The van der Waals surface area contributed by atoms with E-state index in [1.54, 1.807) is 0 Å². The monoisotopic (exact) mass is 906 g/mol. The van der Waals surface area contributed by atoms with Gasteiger partial charge in [0.15, 0.2) is 8.07 Å². The standard InChI is InChI=1S/C64H50N2SSi/c1-45-41-49(66(47-23-10-5-11-24-47)50-36-39-60-58(43-50)55-31-16-18-33-59(55)64(60,2)3)37-40-63(45)68(52-26-12-6-13-27-52,53-28-14-7-15-29-53)54-30-20-25-48(42-54)65(46-21-8-4-9-22-46)51-35-38-57-56-32-17-19-34-61(56)67-62(57)44-51/h4-44H,1-3H3. The van der Waals surface area contributed by atoms with Crippen LogP contribution >= 0.6 is 11.3 Å². The van der Waals surface area contributed by atoms with E-state index < -0.39 is 8.07 Å². The second-order valence-corrected chi connectivity index (χ2v) is 23.4. The Morgan fingerprint density at radius 3 is 1.51 bits per heavy atom. The fourth-order valence-corrected chi connectivity index (χ4v) is 17.3. The molecule has 1 aliphatic carbocycles. The van der Waals surface area contributed by atoms with Crippen molar-refractivity contribution in [2.75, 3.05) is 9.80 Å². The Labute approximate surface area is 404 Å². The molecule has 12 rings (SSSR count). The zero-order chi connectivity index (χ0) is 45.8. The highest BCUT2D eigenvalue weighted by Crippen LogP contribution is 2.50. The van der Waals surface area contributed by atoms with Crippen LogP contribution in [-0.4, -0.2) is 8.07 Å². The summed E-state index contributed by atoms with van der Waals surface area (Å²) in [5, 5.41) is 7.99. The lowest BCUT2D eigenvalue weighted by Gasteiger charge is -2.37. The molecule has 68 heavy (non-hydrogen) atoms. The highest BCUT2D eigenvalue weighted by molar-refractivity contribution is 7.25. The van der Waals surface area contributed by atoms with Gasteiger partial charge in [-0.05, 0) is 134 Å². The number of fused-ring (bicyclic) bond motifs is 6. The van der Waals surface area contributed by atoms with Crippen LogP contribution in [0.15, 0.2) is 249 Å². The molecule has 1 aromatic heterocycles. The first-order valence-corrected chi connectivity index (χ1v) is 26.4. The maximum Gasteiger partial charge on any atom is 0.179 e. The van der Waals surface area contributed by atoms with Crippen molar-refractivity contribution in [3.05, 3.63) is 265 Å². The first-order chi connectivity index (χ1) is 33.4. The van der Waals surface area contributed by atoms with Crippen molar-refractivity contribution in [2.24, 2.45) is 0 Å². The van der Waals surface area contributed by atoms with Crippen molar-refractivity contribution in [3.8, 4) is 11.1 Å². The van der Waals surface area contributed by atoms with E-state index in [2.05, 4.69) is 279 Å². The summed E-state index contributed by atoms with van der Waals surface area (Å²) in [6.07, 6.45) is 0. The third-order valence-corrected chi connectivity index (χ3v) is 20.4. The largest absolute Gasteiger partial charge is 0.310 e. The molecule has 0 amide bonds. The van der Waals surface area contributed by atoms with Crippen LogP contribution in [0, 0.1) is 6.92 Å². The molecule has 0 N–H and O–H groups in total. The van der Waals surface area contributed by atoms with Gasteiger partial charge in [0.1, 0.15) is 0 Å². The summed E-state index contributed by atoms with van der Waals surface area (Å²) in [6, 6.07) is 92.7. The predicted molar refractivity (Wildman–Crippen MR) is 295 cm³/mol. The molecular formula is C64H50N2SSi. The molecule has 11 aromatic rings. The average molecular weight is 907 g/mol. The van der Waals surface area contributed by atoms with Crippen LogP contribution in [-0.2, 0) is 5.41 Å². The van der Waals surface area contributed by atoms with Gasteiger partial charge in [-0.2, -0.15) is 0 Å². The minimum absolute atomic E-state index is 0.0642. The highest BCUT2D eigenvalue weighted by atomic mass is 32.1. The smallest absolute Gasteiger partial charge is 0.179 e. The van der Waals surface area contributed by atoms with Crippen LogP contribution in [0.5, 0.6) is 0 Å². The first kappa shape index (κ1) is 41.7. The molecule has 10 aromatic carbocycles. The summed E-state index contributed by atoms with van der Waals surface area (Å²) in [6.45, 7) is 7.03. The number of nitrogens with zero attached hydrogens (tertiary/aromatic N) is 2. The lowest BCUT2D eigenvalue weighted by Crippen LogP contribution is -2.75. The van der Waals surface area contributed by atoms with Gasteiger partial charge in [0.25, 0.3) is 0 Å². The Morgan fingerprint density at radius 1 is 0.353 bits per heavy atom. The number of para-hydroxylation sites is 2. The number of thiophene rings is 1. The molecule has 0 unspecified atom stereocenters. The summed E-state index contributed by atoms with van der Waals surface area (Å²) in [7, 11) is -3.02. The van der Waals surface area contributed by atoms with E-state index in [1.165, 1.54) is 68.7 Å². The van der Waals surface area contributed by atoms with E-state index >= 15 is 0 Å². The van der Waals surface area contributed by atoms with Crippen molar-refractivity contribution in [1.82, 2.24) is 0 Å². The number of anilines is 6. The molecule has 2 nitrogen and oxygen atoms in total. The van der Waals surface area contributed by atoms with Crippen LogP contribution < -0.4 is 30.5 Å². The van der Waals surface area contributed by atoms with Gasteiger partial charge in [-0.1, -0.05) is 184 Å². The molecule has 0 bridgehead atoms. The Balaban J connectivity index is 1.05. The summed E-state index contributed by atoms with van der Waals surface area (Å²) >= 11 is 1.86. The van der Waals surface area contributed by atoms with Crippen molar-refractivity contribution in [3.63, 3.8) is 0 Å². The predicted octanol–water partition coefficient (Wildman–Crippen LogP) is 15.0. The molecule has 0 spiro atoms.